The van der Waals surface area contributed by atoms with Gasteiger partial charge in [0.2, 0.25) is 10.0 Å². The van der Waals surface area contributed by atoms with E-state index in [0.717, 1.165) is 0 Å². The molecule has 0 spiro atoms. The molecule has 1 fully saturated rings. The molecule has 0 saturated carbocycles. The number of rotatable bonds is 4. The number of carbonyl (C=O) groups excluding carboxylic acids is 1. The minimum Gasteiger partial charge on any atom is -0.335 e. The second-order valence-electron chi connectivity index (χ2n) is 5.97. The first-order chi connectivity index (χ1) is 11.8. The SMILES string of the molecule is CCn1ccc(C(=O)N2CCN(S(=O)(=O)c3cnn(C)c3C)CC2)n1. The molecule has 10 heteroatoms. The van der Waals surface area contributed by atoms with Gasteiger partial charge < -0.3 is 4.90 Å². The average molecular weight is 366 g/mol. The van der Waals surface area contributed by atoms with E-state index in [2.05, 4.69) is 10.2 Å². The third-order valence-electron chi connectivity index (χ3n) is 4.52. The Morgan fingerprint density at radius 1 is 1.24 bits per heavy atom. The molecule has 0 radical (unpaired) electrons. The van der Waals surface area contributed by atoms with E-state index in [4.69, 9.17) is 0 Å². The van der Waals surface area contributed by atoms with Gasteiger partial charge in [-0.1, -0.05) is 0 Å². The molecular formula is C15H22N6O3S. The highest BCUT2D eigenvalue weighted by Gasteiger charge is 2.32. The summed E-state index contributed by atoms with van der Waals surface area (Å²) in [5, 5.41) is 8.22. The van der Waals surface area contributed by atoms with Gasteiger partial charge in [0.15, 0.2) is 0 Å². The lowest BCUT2D eigenvalue weighted by molar-refractivity contribution is 0.0691. The standard InChI is InChI=1S/C15H22N6O3S/c1-4-20-6-5-13(17-20)15(22)19-7-9-21(10-8-19)25(23,24)14-11-16-18(3)12(14)2/h5-6,11H,4,7-10H2,1-3H3. The number of hydrogen-bond donors (Lipinski definition) is 0. The van der Waals surface area contributed by atoms with Crippen LogP contribution in [0.4, 0.5) is 0 Å². The third-order valence-corrected chi connectivity index (χ3v) is 6.52. The van der Waals surface area contributed by atoms with Gasteiger partial charge in [-0.15, -0.1) is 0 Å². The summed E-state index contributed by atoms with van der Waals surface area (Å²) in [6.45, 7) is 5.58. The highest BCUT2D eigenvalue weighted by Crippen LogP contribution is 2.20. The van der Waals surface area contributed by atoms with Crippen LogP contribution in [0.15, 0.2) is 23.4 Å². The van der Waals surface area contributed by atoms with Crippen LogP contribution >= 0.6 is 0 Å². The Labute approximate surface area is 146 Å². The van der Waals surface area contributed by atoms with Crippen LogP contribution in [0.1, 0.15) is 23.1 Å². The summed E-state index contributed by atoms with van der Waals surface area (Å²) in [6, 6.07) is 1.69. The number of aromatic nitrogens is 4. The summed E-state index contributed by atoms with van der Waals surface area (Å²) >= 11 is 0. The molecule has 0 aromatic carbocycles. The summed E-state index contributed by atoms with van der Waals surface area (Å²) in [5.74, 6) is -0.165. The number of amides is 1. The van der Waals surface area contributed by atoms with Gasteiger partial charge in [0.1, 0.15) is 10.6 Å². The van der Waals surface area contributed by atoms with Crippen LogP contribution in [0, 0.1) is 6.92 Å². The molecule has 1 saturated heterocycles. The molecule has 3 heterocycles. The first-order valence-electron chi connectivity index (χ1n) is 8.16. The first kappa shape index (κ1) is 17.6. The van der Waals surface area contributed by atoms with E-state index in [1.165, 1.54) is 15.2 Å². The zero-order valence-corrected chi connectivity index (χ0v) is 15.4. The van der Waals surface area contributed by atoms with Gasteiger partial charge in [0, 0.05) is 46.0 Å². The van der Waals surface area contributed by atoms with Crippen molar-refractivity contribution < 1.29 is 13.2 Å². The molecular weight excluding hydrogens is 344 g/mol. The Hall–Kier alpha value is -2.20. The predicted octanol–water partition coefficient (Wildman–Crippen LogP) is 0.0916. The quantitative estimate of drug-likeness (QED) is 0.765. The Balaban J connectivity index is 1.69. The largest absolute Gasteiger partial charge is 0.335 e. The molecule has 0 N–H and O–H groups in total. The van der Waals surface area contributed by atoms with Crippen LogP contribution < -0.4 is 0 Å². The van der Waals surface area contributed by atoms with Crippen molar-refractivity contribution in [2.45, 2.75) is 25.3 Å². The topological polar surface area (TPSA) is 93.3 Å². The highest BCUT2D eigenvalue weighted by molar-refractivity contribution is 7.89. The van der Waals surface area contributed by atoms with Crippen LogP contribution in [0.25, 0.3) is 0 Å². The van der Waals surface area contributed by atoms with Crippen molar-refractivity contribution in [1.82, 2.24) is 28.8 Å². The monoisotopic (exact) mass is 366 g/mol. The van der Waals surface area contributed by atoms with Crippen LogP contribution in [0.3, 0.4) is 0 Å². The minimum atomic E-state index is -3.59. The molecule has 25 heavy (non-hydrogen) atoms. The lowest BCUT2D eigenvalue weighted by Crippen LogP contribution is -2.50. The van der Waals surface area contributed by atoms with Crippen molar-refractivity contribution in [3.05, 3.63) is 29.8 Å². The second-order valence-corrected chi connectivity index (χ2v) is 7.88. The molecule has 3 rings (SSSR count). The van der Waals surface area contributed by atoms with Crippen molar-refractivity contribution in [2.24, 2.45) is 7.05 Å². The zero-order valence-electron chi connectivity index (χ0n) is 14.6. The Morgan fingerprint density at radius 3 is 2.44 bits per heavy atom. The zero-order chi connectivity index (χ0) is 18.2. The van der Waals surface area contributed by atoms with E-state index in [-0.39, 0.29) is 23.9 Å². The Morgan fingerprint density at radius 2 is 1.92 bits per heavy atom. The lowest BCUT2D eigenvalue weighted by atomic mass is 10.3. The van der Waals surface area contributed by atoms with Gasteiger partial charge in [0.25, 0.3) is 5.91 Å². The van der Waals surface area contributed by atoms with Gasteiger partial charge in [0.05, 0.1) is 11.9 Å². The van der Waals surface area contributed by atoms with Gasteiger partial charge in [-0.3, -0.25) is 14.2 Å². The maximum absolute atomic E-state index is 12.8. The van der Waals surface area contributed by atoms with Gasteiger partial charge in [-0.25, -0.2) is 8.42 Å². The number of piperazine rings is 1. The smallest absolute Gasteiger partial charge is 0.274 e. The number of nitrogens with zero attached hydrogens (tertiary/aromatic N) is 6. The van der Waals surface area contributed by atoms with E-state index in [0.29, 0.717) is 31.0 Å². The van der Waals surface area contributed by atoms with Gasteiger partial charge >= 0.3 is 0 Å². The summed E-state index contributed by atoms with van der Waals surface area (Å²) in [5.41, 5.74) is 0.991. The summed E-state index contributed by atoms with van der Waals surface area (Å²) in [6.07, 6.45) is 3.14. The van der Waals surface area contributed by atoms with Crippen LogP contribution in [0.2, 0.25) is 0 Å². The fraction of sp³-hybridized carbons (Fsp3) is 0.533. The van der Waals surface area contributed by atoms with Gasteiger partial charge in [-0.05, 0) is 19.9 Å². The van der Waals surface area contributed by atoms with E-state index < -0.39 is 10.0 Å². The summed E-state index contributed by atoms with van der Waals surface area (Å²) in [7, 11) is -1.88. The molecule has 0 atom stereocenters. The molecule has 0 unspecified atom stereocenters. The lowest BCUT2D eigenvalue weighted by Gasteiger charge is -2.33. The molecule has 136 valence electrons. The molecule has 1 amide bonds. The molecule has 0 bridgehead atoms. The molecule has 1 aliphatic rings. The molecule has 1 aliphatic heterocycles. The maximum atomic E-state index is 12.8. The van der Waals surface area contributed by atoms with Crippen molar-refractivity contribution >= 4 is 15.9 Å². The third kappa shape index (κ3) is 3.19. The average Bonchev–Trinajstić information content (AvgIpc) is 3.22. The summed E-state index contributed by atoms with van der Waals surface area (Å²) < 4.78 is 30.2. The van der Waals surface area contributed by atoms with Crippen LogP contribution in [-0.4, -0.2) is 69.3 Å². The van der Waals surface area contributed by atoms with E-state index in [9.17, 15) is 13.2 Å². The number of aryl methyl sites for hydroxylation is 2. The van der Waals surface area contributed by atoms with Crippen molar-refractivity contribution in [3.8, 4) is 0 Å². The fourth-order valence-electron chi connectivity index (χ4n) is 2.82. The number of sulfonamides is 1. The first-order valence-corrected chi connectivity index (χ1v) is 9.60. The van der Waals surface area contributed by atoms with Crippen molar-refractivity contribution in [1.29, 1.82) is 0 Å². The van der Waals surface area contributed by atoms with Gasteiger partial charge in [-0.2, -0.15) is 14.5 Å². The van der Waals surface area contributed by atoms with Crippen molar-refractivity contribution in [2.75, 3.05) is 26.2 Å². The van der Waals surface area contributed by atoms with E-state index in [1.54, 1.807) is 35.8 Å². The van der Waals surface area contributed by atoms with Crippen molar-refractivity contribution in [3.63, 3.8) is 0 Å². The Kier molecular flexibility index (Phi) is 4.65. The normalized spacial score (nSPS) is 16.4. The minimum absolute atomic E-state index is 0.165. The fourth-order valence-corrected chi connectivity index (χ4v) is 4.42. The summed E-state index contributed by atoms with van der Waals surface area (Å²) in [4.78, 5) is 14.3. The molecule has 0 aliphatic carbocycles. The number of carbonyl (C=O) groups is 1. The second kappa shape index (κ2) is 6.60. The molecule has 9 nitrogen and oxygen atoms in total. The molecule has 2 aromatic heterocycles. The maximum Gasteiger partial charge on any atom is 0.274 e. The Bertz CT molecular complexity index is 877. The van der Waals surface area contributed by atoms with Crippen LogP contribution in [0.5, 0.6) is 0 Å². The van der Waals surface area contributed by atoms with E-state index >= 15 is 0 Å². The van der Waals surface area contributed by atoms with E-state index in [1.807, 2.05) is 6.92 Å². The van der Waals surface area contributed by atoms with Crippen LogP contribution in [-0.2, 0) is 23.6 Å². The predicted molar refractivity (Wildman–Crippen MR) is 90.5 cm³/mol. The highest BCUT2D eigenvalue weighted by atomic mass is 32.2. The molecule has 2 aromatic rings. The number of hydrogen-bond acceptors (Lipinski definition) is 5.